The van der Waals surface area contributed by atoms with Gasteiger partial charge in [0, 0.05) is 19.2 Å². The summed E-state index contributed by atoms with van der Waals surface area (Å²) in [6.07, 6.45) is 9.05. The monoisotopic (exact) mass is 190 g/mol. The number of carbonyl (C=O) groups excluding carboxylic acids is 1. The van der Waals surface area contributed by atoms with Crippen molar-refractivity contribution in [3.63, 3.8) is 0 Å². The minimum Gasteiger partial charge on any atom is -0.377 e. The van der Waals surface area contributed by atoms with Gasteiger partial charge >= 0.3 is 0 Å². The Morgan fingerprint density at radius 3 is 2.86 bits per heavy atom. The lowest BCUT2D eigenvalue weighted by molar-refractivity contribution is -0.114. The summed E-state index contributed by atoms with van der Waals surface area (Å²) in [7, 11) is 1.92. The highest BCUT2D eigenvalue weighted by Crippen LogP contribution is 2.05. The first-order valence-corrected chi connectivity index (χ1v) is 4.35. The smallest absolute Gasteiger partial charge is 0.248 e. The maximum absolute atomic E-state index is 11.0. The minimum atomic E-state index is -0.413. The molecule has 0 bridgehead atoms. The van der Waals surface area contributed by atoms with E-state index in [-0.39, 0.29) is 0 Å². The largest absolute Gasteiger partial charge is 0.377 e. The third-order valence-electron chi connectivity index (χ3n) is 1.90. The molecule has 3 heteroatoms. The molecule has 1 aliphatic heterocycles. The Bertz CT molecular complexity index is 337. The van der Waals surface area contributed by atoms with Crippen LogP contribution in [0.1, 0.15) is 0 Å². The van der Waals surface area contributed by atoms with Crippen LogP contribution in [0.3, 0.4) is 0 Å². The highest BCUT2D eigenvalue weighted by Gasteiger charge is 2.01. The van der Waals surface area contributed by atoms with Gasteiger partial charge in [-0.1, -0.05) is 18.7 Å². The first-order chi connectivity index (χ1) is 6.59. The van der Waals surface area contributed by atoms with E-state index in [0.29, 0.717) is 12.1 Å². The van der Waals surface area contributed by atoms with Gasteiger partial charge in [-0.3, -0.25) is 4.79 Å². The van der Waals surface area contributed by atoms with Crippen molar-refractivity contribution in [2.24, 2.45) is 5.73 Å². The number of rotatable bonds is 1. The van der Waals surface area contributed by atoms with Crippen LogP contribution in [0.4, 0.5) is 0 Å². The Morgan fingerprint density at radius 2 is 2.21 bits per heavy atom. The van der Waals surface area contributed by atoms with E-state index in [1.165, 1.54) is 0 Å². The van der Waals surface area contributed by atoms with Gasteiger partial charge < -0.3 is 10.6 Å². The van der Waals surface area contributed by atoms with Crippen LogP contribution in [0.2, 0.25) is 0 Å². The molecule has 0 saturated carbocycles. The molecular weight excluding hydrogens is 176 g/mol. The molecule has 1 heterocycles. The molecule has 0 spiro atoms. The van der Waals surface area contributed by atoms with Gasteiger partial charge in [0.05, 0.1) is 0 Å². The van der Waals surface area contributed by atoms with Crippen LogP contribution in [0.15, 0.2) is 48.2 Å². The minimum absolute atomic E-state index is 0.413. The standard InChI is InChI=1S/C11H14N2O/c1-9-3-4-10(11(12)14)6-8-13(2)7-5-9/h3-7H,1,8H2,2H3,(H2,12,14)/b4-3-,7-5-,10-6+. The van der Waals surface area contributed by atoms with Gasteiger partial charge in [-0.2, -0.15) is 0 Å². The molecule has 0 aliphatic carbocycles. The molecule has 1 amide bonds. The summed E-state index contributed by atoms with van der Waals surface area (Å²) in [6.45, 7) is 4.47. The Kier molecular flexibility index (Phi) is 3.29. The van der Waals surface area contributed by atoms with E-state index in [4.69, 9.17) is 5.73 Å². The van der Waals surface area contributed by atoms with Crippen molar-refractivity contribution in [1.82, 2.24) is 4.90 Å². The summed E-state index contributed by atoms with van der Waals surface area (Å²) >= 11 is 0. The SMILES string of the molecule is C=C1/C=C\C(C(N)=O)=C/CN(C)/C=C\1. The van der Waals surface area contributed by atoms with Gasteiger partial charge in [0.1, 0.15) is 0 Å². The van der Waals surface area contributed by atoms with Gasteiger partial charge in [0.2, 0.25) is 5.91 Å². The number of amides is 1. The molecule has 0 radical (unpaired) electrons. The average Bonchev–Trinajstić information content (AvgIpc) is 2.20. The molecule has 14 heavy (non-hydrogen) atoms. The Balaban J connectivity index is 2.94. The summed E-state index contributed by atoms with van der Waals surface area (Å²) in [5, 5.41) is 0. The summed E-state index contributed by atoms with van der Waals surface area (Å²) in [5.74, 6) is -0.413. The zero-order valence-electron chi connectivity index (χ0n) is 8.23. The lowest BCUT2D eigenvalue weighted by atomic mass is 10.2. The van der Waals surface area contributed by atoms with Gasteiger partial charge in [-0.15, -0.1) is 0 Å². The number of allylic oxidation sites excluding steroid dienone is 3. The van der Waals surface area contributed by atoms with Gasteiger partial charge in [0.15, 0.2) is 0 Å². The van der Waals surface area contributed by atoms with Crippen molar-refractivity contribution in [1.29, 1.82) is 0 Å². The summed E-state index contributed by atoms with van der Waals surface area (Å²) in [6, 6.07) is 0. The van der Waals surface area contributed by atoms with Crippen LogP contribution >= 0.6 is 0 Å². The third kappa shape index (κ3) is 2.94. The molecule has 1 aliphatic rings. The van der Waals surface area contributed by atoms with E-state index in [0.717, 1.165) is 5.57 Å². The Morgan fingerprint density at radius 1 is 1.50 bits per heavy atom. The summed E-state index contributed by atoms with van der Waals surface area (Å²) < 4.78 is 0. The molecule has 0 fully saturated rings. The molecule has 0 unspecified atom stereocenters. The van der Waals surface area contributed by atoms with E-state index in [9.17, 15) is 4.79 Å². The normalized spacial score (nSPS) is 25.4. The lowest BCUT2D eigenvalue weighted by Crippen LogP contribution is -2.15. The van der Waals surface area contributed by atoms with E-state index in [1.54, 1.807) is 18.2 Å². The van der Waals surface area contributed by atoms with E-state index >= 15 is 0 Å². The van der Waals surface area contributed by atoms with Crippen molar-refractivity contribution in [3.8, 4) is 0 Å². The fourth-order valence-corrected chi connectivity index (χ4v) is 1.03. The molecule has 0 aromatic rings. The first-order valence-electron chi connectivity index (χ1n) is 4.35. The van der Waals surface area contributed by atoms with E-state index in [2.05, 4.69) is 6.58 Å². The van der Waals surface area contributed by atoms with Crippen molar-refractivity contribution >= 4 is 5.91 Å². The van der Waals surface area contributed by atoms with Crippen LogP contribution in [-0.4, -0.2) is 24.4 Å². The molecule has 1 rings (SSSR count). The van der Waals surface area contributed by atoms with Gasteiger partial charge in [-0.25, -0.2) is 0 Å². The molecule has 0 aromatic heterocycles. The average molecular weight is 190 g/mol. The maximum atomic E-state index is 11.0. The van der Waals surface area contributed by atoms with Crippen molar-refractivity contribution in [3.05, 3.63) is 48.2 Å². The molecule has 74 valence electrons. The second kappa shape index (κ2) is 4.46. The van der Waals surface area contributed by atoms with Crippen LogP contribution in [0, 0.1) is 0 Å². The van der Waals surface area contributed by atoms with E-state index < -0.39 is 5.91 Å². The van der Waals surface area contributed by atoms with Gasteiger partial charge in [0.25, 0.3) is 0 Å². The predicted molar refractivity (Wildman–Crippen MR) is 57.3 cm³/mol. The molecule has 0 atom stereocenters. The Hall–Kier alpha value is -1.77. The molecular formula is C11H14N2O. The second-order valence-electron chi connectivity index (χ2n) is 3.19. The zero-order chi connectivity index (χ0) is 10.6. The van der Waals surface area contributed by atoms with Crippen molar-refractivity contribution in [2.75, 3.05) is 13.6 Å². The topological polar surface area (TPSA) is 46.3 Å². The van der Waals surface area contributed by atoms with Crippen molar-refractivity contribution < 1.29 is 4.79 Å². The fraction of sp³-hybridized carbons (Fsp3) is 0.182. The predicted octanol–water partition coefficient (Wildman–Crippen LogP) is 0.970. The molecule has 2 N–H and O–H groups in total. The highest BCUT2D eigenvalue weighted by molar-refractivity contribution is 5.94. The number of likely N-dealkylation sites (N-methyl/N-ethyl adjacent to an activating group) is 1. The van der Waals surface area contributed by atoms with Crippen LogP contribution in [0.25, 0.3) is 0 Å². The summed E-state index contributed by atoms with van der Waals surface area (Å²) in [4.78, 5) is 12.9. The number of primary amides is 1. The Labute approximate surface area is 83.9 Å². The lowest BCUT2D eigenvalue weighted by Gasteiger charge is -2.10. The number of nitrogens with two attached hydrogens (primary N) is 1. The van der Waals surface area contributed by atoms with E-state index in [1.807, 2.05) is 24.2 Å². The van der Waals surface area contributed by atoms with Gasteiger partial charge in [-0.05, 0) is 23.9 Å². The van der Waals surface area contributed by atoms with Crippen molar-refractivity contribution in [2.45, 2.75) is 0 Å². The van der Waals surface area contributed by atoms with Crippen LogP contribution in [0.5, 0.6) is 0 Å². The van der Waals surface area contributed by atoms with Crippen LogP contribution in [-0.2, 0) is 4.79 Å². The number of hydrogen-bond donors (Lipinski definition) is 1. The third-order valence-corrected chi connectivity index (χ3v) is 1.90. The summed E-state index contributed by atoms with van der Waals surface area (Å²) in [5.41, 5.74) is 6.56. The zero-order valence-corrected chi connectivity index (χ0v) is 8.23. The molecule has 0 aromatic carbocycles. The second-order valence-corrected chi connectivity index (χ2v) is 3.19. The number of hydrogen-bond acceptors (Lipinski definition) is 2. The maximum Gasteiger partial charge on any atom is 0.248 e. The van der Waals surface area contributed by atoms with Crippen LogP contribution < -0.4 is 5.73 Å². The molecule has 3 nitrogen and oxygen atoms in total. The quantitative estimate of drug-likeness (QED) is 0.669. The number of nitrogens with zero attached hydrogens (tertiary/aromatic N) is 1. The first kappa shape index (κ1) is 10.3. The fourth-order valence-electron chi connectivity index (χ4n) is 1.03. The number of carbonyl (C=O) groups is 1. The highest BCUT2D eigenvalue weighted by atomic mass is 16.1. The molecule has 0 saturated heterocycles.